The Morgan fingerprint density at radius 3 is 2.32 bits per heavy atom. The number of hydrogen-bond acceptors (Lipinski definition) is 3. The zero-order valence-corrected chi connectivity index (χ0v) is 12.7. The Bertz CT molecular complexity index is 379. The lowest BCUT2D eigenvalue weighted by molar-refractivity contribution is -0.140. The largest absolute Gasteiger partial charge is 0.299 e. The van der Waals surface area contributed by atoms with Gasteiger partial charge in [-0.1, -0.05) is 34.6 Å². The summed E-state index contributed by atoms with van der Waals surface area (Å²) in [5.74, 6) is 0.0330. The molecular formula is C15H25NO3. The van der Waals surface area contributed by atoms with Gasteiger partial charge in [-0.15, -0.1) is 0 Å². The SMILES string of the molecule is CC(C)C1CC(=O)N(CCCC(=O)C(C)(C)C)C1=O. The first-order valence-corrected chi connectivity index (χ1v) is 7.02. The van der Waals surface area contributed by atoms with Crippen molar-refractivity contribution < 1.29 is 14.4 Å². The van der Waals surface area contributed by atoms with Gasteiger partial charge in [0.2, 0.25) is 11.8 Å². The quantitative estimate of drug-likeness (QED) is 0.719. The van der Waals surface area contributed by atoms with Crippen molar-refractivity contribution in [3.63, 3.8) is 0 Å². The van der Waals surface area contributed by atoms with Gasteiger partial charge in [-0.05, 0) is 12.3 Å². The van der Waals surface area contributed by atoms with E-state index in [1.165, 1.54) is 4.90 Å². The molecule has 0 bridgehead atoms. The molecule has 19 heavy (non-hydrogen) atoms. The van der Waals surface area contributed by atoms with E-state index in [0.29, 0.717) is 25.8 Å². The van der Waals surface area contributed by atoms with Gasteiger partial charge in [0.05, 0.1) is 0 Å². The van der Waals surface area contributed by atoms with Crippen LogP contribution in [0.3, 0.4) is 0 Å². The topological polar surface area (TPSA) is 54.5 Å². The first kappa shape index (κ1) is 15.9. The highest BCUT2D eigenvalue weighted by Gasteiger charge is 2.39. The third kappa shape index (κ3) is 3.88. The Kier molecular flexibility index (Phi) is 4.88. The van der Waals surface area contributed by atoms with Gasteiger partial charge < -0.3 is 0 Å². The number of hydrogen-bond donors (Lipinski definition) is 0. The van der Waals surface area contributed by atoms with Crippen LogP contribution in [-0.2, 0) is 14.4 Å². The molecule has 1 rings (SSSR count). The number of carbonyl (C=O) groups is 3. The van der Waals surface area contributed by atoms with Crippen molar-refractivity contribution in [2.75, 3.05) is 6.54 Å². The van der Waals surface area contributed by atoms with Gasteiger partial charge >= 0.3 is 0 Å². The van der Waals surface area contributed by atoms with E-state index in [1.54, 1.807) is 0 Å². The van der Waals surface area contributed by atoms with E-state index < -0.39 is 0 Å². The average Bonchev–Trinajstić information content (AvgIpc) is 2.55. The van der Waals surface area contributed by atoms with Gasteiger partial charge in [0, 0.05) is 30.7 Å². The normalized spacial score (nSPS) is 20.5. The Balaban J connectivity index is 2.48. The first-order valence-electron chi connectivity index (χ1n) is 7.02. The van der Waals surface area contributed by atoms with Crippen molar-refractivity contribution in [3.05, 3.63) is 0 Å². The molecule has 4 nitrogen and oxygen atoms in total. The molecule has 1 unspecified atom stereocenters. The summed E-state index contributed by atoms with van der Waals surface area (Å²) in [5, 5.41) is 0. The summed E-state index contributed by atoms with van der Waals surface area (Å²) >= 11 is 0. The minimum Gasteiger partial charge on any atom is -0.299 e. The first-order chi connectivity index (χ1) is 8.64. The molecule has 108 valence electrons. The molecule has 1 atom stereocenters. The van der Waals surface area contributed by atoms with Crippen LogP contribution in [0.2, 0.25) is 0 Å². The zero-order valence-electron chi connectivity index (χ0n) is 12.7. The maximum atomic E-state index is 12.1. The van der Waals surface area contributed by atoms with Gasteiger partial charge in [0.15, 0.2) is 0 Å². The average molecular weight is 267 g/mol. The monoisotopic (exact) mass is 267 g/mol. The molecule has 1 aliphatic heterocycles. The summed E-state index contributed by atoms with van der Waals surface area (Å²) in [4.78, 5) is 37.0. The third-order valence-corrected chi connectivity index (χ3v) is 3.71. The molecule has 2 amide bonds. The minimum atomic E-state index is -0.348. The molecule has 4 heteroatoms. The fourth-order valence-electron chi connectivity index (χ4n) is 2.24. The molecule has 0 N–H and O–H groups in total. The lowest BCUT2D eigenvalue weighted by Crippen LogP contribution is -2.33. The molecule has 1 saturated heterocycles. The van der Waals surface area contributed by atoms with Crippen LogP contribution in [0, 0.1) is 17.3 Å². The van der Waals surface area contributed by atoms with E-state index in [0.717, 1.165) is 0 Å². The van der Waals surface area contributed by atoms with Crippen molar-refractivity contribution in [1.82, 2.24) is 4.90 Å². The van der Waals surface area contributed by atoms with E-state index in [1.807, 2.05) is 34.6 Å². The Morgan fingerprint density at radius 1 is 1.32 bits per heavy atom. The van der Waals surface area contributed by atoms with Crippen molar-refractivity contribution in [2.45, 2.75) is 53.9 Å². The molecule has 0 radical (unpaired) electrons. The van der Waals surface area contributed by atoms with Crippen molar-refractivity contribution >= 4 is 17.6 Å². The van der Waals surface area contributed by atoms with E-state index in [-0.39, 0.29) is 34.8 Å². The van der Waals surface area contributed by atoms with Crippen LogP contribution in [-0.4, -0.2) is 29.0 Å². The highest BCUT2D eigenvalue weighted by Crippen LogP contribution is 2.27. The second kappa shape index (κ2) is 5.85. The van der Waals surface area contributed by atoms with Crippen LogP contribution in [0.1, 0.15) is 53.9 Å². The summed E-state index contributed by atoms with van der Waals surface area (Å²) in [6.45, 7) is 9.95. The van der Waals surface area contributed by atoms with Crippen LogP contribution < -0.4 is 0 Å². The number of amides is 2. The highest BCUT2D eigenvalue weighted by molar-refractivity contribution is 6.03. The zero-order chi connectivity index (χ0) is 14.8. The Morgan fingerprint density at radius 2 is 1.89 bits per heavy atom. The van der Waals surface area contributed by atoms with Crippen molar-refractivity contribution in [3.8, 4) is 0 Å². The van der Waals surface area contributed by atoms with Crippen molar-refractivity contribution in [1.29, 1.82) is 0 Å². The number of Topliss-reactive ketones (excluding diaryl/α,β-unsaturated/α-hetero) is 1. The summed E-state index contributed by atoms with van der Waals surface area (Å²) in [6, 6.07) is 0. The molecule has 1 fully saturated rings. The van der Waals surface area contributed by atoms with Crippen LogP contribution in [0.4, 0.5) is 0 Å². The maximum Gasteiger partial charge on any atom is 0.233 e. The van der Waals surface area contributed by atoms with Crippen LogP contribution in [0.15, 0.2) is 0 Å². The maximum absolute atomic E-state index is 12.1. The smallest absolute Gasteiger partial charge is 0.233 e. The van der Waals surface area contributed by atoms with Gasteiger partial charge in [0.25, 0.3) is 0 Å². The lowest BCUT2D eigenvalue weighted by atomic mass is 9.88. The molecule has 0 aliphatic carbocycles. The molecule has 1 aliphatic rings. The standard InChI is InChI=1S/C15H25NO3/c1-10(2)11-9-13(18)16(14(11)19)8-6-7-12(17)15(3,4)5/h10-11H,6-9H2,1-5H3. The Hall–Kier alpha value is -1.19. The minimum absolute atomic E-state index is 0.0665. The second-order valence-electron chi connectivity index (χ2n) is 6.71. The van der Waals surface area contributed by atoms with E-state index in [4.69, 9.17) is 0 Å². The van der Waals surface area contributed by atoms with Gasteiger partial charge in [-0.25, -0.2) is 0 Å². The number of carbonyl (C=O) groups excluding carboxylic acids is 3. The lowest BCUT2D eigenvalue weighted by Gasteiger charge is -2.19. The predicted molar refractivity (Wildman–Crippen MR) is 73.4 cm³/mol. The van der Waals surface area contributed by atoms with E-state index >= 15 is 0 Å². The van der Waals surface area contributed by atoms with Gasteiger partial charge in [-0.3, -0.25) is 19.3 Å². The molecule has 0 aromatic rings. The summed E-state index contributed by atoms with van der Waals surface area (Å²) < 4.78 is 0. The van der Waals surface area contributed by atoms with E-state index in [9.17, 15) is 14.4 Å². The molecule has 1 heterocycles. The highest BCUT2D eigenvalue weighted by atomic mass is 16.2. The van der Waals surface area contributed by atoms with Gasteiger partial charge in [-0.2, -0.15) is 0 Å². The molecular weight excluding hydrogens is 242 g/mol. The fourth-order valence-corrected chi connectivity index (χ4v) is 2.24. The number of imide groups is 1. The summed E-state index contributed by atoms with van der Waals surface area (Å²) in [7, 11) is 0. The number of rotatable bonds is 5. The number of nitrogens with zero attached hydrogens (tertiary/aromatic N) is 1. The third-order valence-electron chi connectivity index (χ3n) is 3.71. The summed E-state index contributed by atoms with van der Waals surface area (Å²) in [6.07, 6.45) is 1.31. The number of ketones is 1. The van der Waals surface area contributed by atoms with Crippen LogP contribution in [0.25, 0.3) is 0 Å². The van der Waals surface area contributed by atoms with Crippen LogP contribution >= 0.6 is 0 Å². The predicted octanol–water partition coefficient (Wildman–Crippen LogP) is 2.41. The van der Waals surface area contributed by atoms with E-state index in [2.05, 4.69) is 0 Å². The molecule has 0 aromatic carbocycles. The molecule has 0 aromatic heterocycles. The fraction of sp³-hybridized carbons (Fsp3) is 0.800. The van der Waals surface area contributed by atoms with Crippen molar-refractivity contribution in [2.24, 2.45) is 17.3 Å². The second-order valence-corrected chi connectivity index (χ2v) is 6.71. The van der Waals surface area contributed by atoms with Crippen LogP contribution in [0.5, 0.6) is 0 Å². The Labute approximate surface area is 115 Å². The molecule has 0 saturated carbocycles. The molecule has 0 spiro atoms. The number of likely N-dealkylation sites (tertiary alicyclic amines) is 1. The van der Waals surface area contributed by atoms with Gasteiger partial charge in [0.1, 0.15) is 5.78 Å². The summed E-state index contributed by atoms with van der Waals surface area (Å²) in [5.41, 5.74) is -0.348.